The highest BCUT2D eigenvalue weighted by Gasteiger charge is 2.34. The van der Waals surface area contributed by atoms with Crippen LogP contribution in [0.25, 0.3) is 0 Å². The summed E-state index contributed by atoms with van der Waals surface area (Å²) in [5.74, 6) is -0.233. The van der Waals surface area contributed by atoms with Gasteiger partial charge in [-0.1, -0.05) is 6.07 Å². The van der Waals surface area contributed by atoms with Crippen molar-refractivity contribution >= 4 is 27.3 Å². The minimum Gasteiger partial charge on any atom is -0.353 e. The molecule has 134 valence electrons. The normalized spacial score (nSPS) is 24.8. The van der Waals surface area contributed by atoms with Crippen LogP contribution < -0.4 is 5.32 Å². The van der Waals surface area contributed by atoms with E-state index in [4.69, 9.17) is 0 Å². The van der Waals surface area contributed by atoms with Crippen LogP contribution in [0.5, 0.6) is 0 Å². The molecule has 2 saturated heterocycles. The minimum absolute atomic E-state index is 0.00985. The van der Waals surface area contributed by atoms with Crippen LogP contribution in [0, 0.1) is 5.92 Å². The minimum atomic E-state index is -3.46. The molecule has 6 nitrogen and oxygen atoms in total. The van der Waals surface area contributed by atoms with E-state index in [1.54, 1.807) is 17.5 Å². The Morgan fingerprint density at radius 1 is 1.25 bits per heavy atom. The van der Waals surface area contributed by atoms with Crippen LogP contribution in [0.15, 0.2) is 21.7 Å². The Balaban J connectivity index is 1.60. The Morgan fingerprint density at radius 3 is 2.67 bits per heavy atom. The first-order valence-electron chi connectivity index (χ1n) is 8.49. The highest BCUT2D eigenvalue weighted by molar-refractivity contribution is 7.91. The zero-order valence-electron chi connectivity index (χ0n) is 14.0. The van der Waals surface area contributed by atoms with Gasteiger partial charge in [-0.3, -0.25) is 4.79 Å². The molecule has 0 aromatic carbocycles. The molecule has 1 N–H and O–H groups in total. The summed E-state index contributed by atoms with van der Waals surface area (Å²) in [5, 5.41) is 4.90. The maximum atomic E-state index is 12.6. The van der Waals surface area contributed by atoms with Crippen LogP contribution in [0.4, 0.5) is 0 Å². The maximum Gasteiger partial charge on any atom is 0.252 e. The van der Waals surface area contributed by atoms with Crippen molar-refractivity contribution in [1.82, 2.24) is 14.5 Å². The van der Waals surface area contributed by atoms with Crippen LogP contribution in [-0.2, 0) is 14.8 Å². The van der Waals surface area contributed by atoms with E-state index in [1.165, 1.54) is 15.6 Å². The zero-order chi connectivity index (χ0) is 17.2. The molecule has 8 heteroatoms. The summed E-state index contributed by atoms with van der Waals surface area (Å²) in [6.07, 6.45) is 3.42. The SMILES string of the molecule is CN1CCC(NC(=O)C2CCCN(S(=O)(=O)c3cccs3)C2)CC1. The summed E-state index contributed by atoms with van der Waals surface area (Å²) >= 11 is 1.23. The van der Waals surface area contributed by atoms with E-state index in [0.717, 1.165) is 38.8 Å². The van der Waals surface area contributed by atoms with Crippen molar-refractivity contribution < 1.29 is 13.2 Å². The molecule has 0 spiro atoms. The highest BCUT2D eigenvalue weighted by Crippen LogP contribution is 2.26. The molecule has 2 fully saturated rings. The van der Waals surface area contributed by atoms with Crippen LogP contribution in [0.3, 0.4) is 0 Å². The van der Waals surface area contributed by atoms with E-state index >= 15 is 0 Å². The molecule has 0 radical (unpaired) electrons. The van der Waals surface area contributed by atoms with E-state index in [1.807, 2.05) is 0 Å². The summed E-state index contributed by atoms with van der Waals surface area (Å²) in [6.45, 7) is 2.78. The smallest absolute Gasteiger partial charge is 0.252 e. The lowest BCUT2D eigenvalue weighted by molar-refractivity contribution is -0.127. The monoisotopic (exact) mass is 371 g/mol. The summed E-state index contributed by atoms with van der Waals surface area (Å²) in [6, 6.07) is 3.59. The third-order valence-corrected chi connectivity index (χ3v) is 8.15. The number of amides is 1. The zero-order valence-corrected chi connectivity index (χ0v) is 15.6. The summed E-state index contributed by atoms with van der Waals surface area (Å²) in [7, 11) is -1.37. The summed E-state index contributed by atoms with van der Waals surface area (Å²) in [5.41, 5.74) is 0. The van der Waals surface area contributed by atoms with E-state index in [-0.39, 0.29) is 17.9 Å². The number of hydrogen-bond donors (Lipinski definition) is 1. The molecule has 2 aliphatic heterocycles. The van der Waals surface area contributed by atoms with Gasteiger partial charge in [0.1, 0.15) is 4.21 Å². The Hall–Kier alpha value is -0.960. The Morgan fingerprint density at radius 2 is 2.00 bits per heavy atom. The molecule has 2 aliphatic rings. The Kier molecular flexibility index (Phi) is 5.59. The number of carbonyl (C=O) groups is 1. The fourth-order valence-electron chi connectivity index (χ4n) is 3.38. The van der Waals surface area contributed by atoms with Gasteiger partial charge >= 0.3 is 0 Å². The number of carbonyl (C=O) groups excluding carboxylic acids is 1. The third kappa shape index (κ3) is 3.99. The lowest BCUT2D eigenvalue weighted by atomic mass is 9.97. The average Bonchev–Trinajstić information content (AvgIpc) is 3.12. The van der Waals surface area contributed by atoms with Gasteiger partial charge in [0.25, 0.3) is 10.0 Å². The van der Waals surface area contributed by atoms with Gasteiger partial charge in [-0.05, 0) is 57.3 Å². The quantitative estimate of drug-likeness (QED) is 0.868. The number of thiophene rings is 1. The average molecular weight is 372 g/mol. The predicted molar refractivity (Wildman–Crippen MR) is 94.5 cm³/mol. The fraction of sp³-hybridized carbons (Fsp3) is 0.688. The van der Waals surface area contributed by atoms with Gasteiger partial charge in [-0.2, -0.15) is 4.31 Å². The van der Waals surface area contributed by atoms with E-state index < -0.39 is 10.0 Å². The van der Waals surface area contributed by atoms with Crippen LogP contribution in [-0.4, -0.2) is 62.8 Å². The number of sulfonamides is 1. The predicted octanol–water partition coefficient (Wildman–Crippen LogP) is 1.36. The van der Waals surface area contributed by atoms with Crippen molar-refractivity contribution in [3.05, 3.63) is 17.5 Å². The molecule has 0 aliphatic carbocycles. The van der Waals surface area contributed by atoms with Gasteiger partial charge < -0.3 is 10.2 Å². The summed E-state index contributed by atoms with van der Waals surface area (Å²) < 4.78 is 27.1. The van der Waals surface area contributed by atoms with Gasteiger partial charge in [-0.15, -0.1) is 11.3 Å². The van der Waals surface area contributed by atoms with Crippen LogP contribution >= 0.6 is 11.3 Å². The number of likely N-dealkylation sites (tertiary alicyclic amines) is 1. The number of nitrogens with one attached hydrogen (secondary N) is 1. The van der Waals surface area contributed by atoms with Gasteiger partial charge in [0, 0.05) is 19.1 Å². The van der Waals surface area contributed by atoms with Gasteiger partial charge in [0.15, 0.2) is 0 Å². The van der Waals surface area contributed by atoms with Gasteiger partial charge in [-0.25, -0.2) is 8.42 Å². The first-order chi connectivity index (χ1) is 11.5. The van der Waals surface area contributed by atoms with Crippen molar-refractivity contribution in [2.45, 2.75) is 35.9 Å². The molecule has 1 aromatic heterocycles. The van der Waals surface area contributed by atoms with E-state index in [2.05, 4.69) is 17.3 Å². The van der Waals surface area contributed by atoms with Gasteiger partial charge in [0.2, 0.25) is 5.91 Å². The molecule has 0 saturated carbocycles. The number of nitrogens with zero attached hydrogens (tertiary/aromatic N) is 2. The molecule has 3 heterocycles. The Labute approximate surface area is 147 Å². The first kappa shape index (κ1) is 17.8. The molecule has 0 bridgehead atoms. The second kappa shape index (κ2) is 7.51. The molecule has 1 atom stereocenters. The van der Waals surface area contributed by atoms with E-state index in [9.17, 15) is 13.2 Å². The number of hydrogen-bond acceptors (Lipinski definition) is 5. The highest BCUT2D eigenvalue weighted by atomic mass is 32.2. The summed E-state index contributed by atoms with van der Waals surface area (Å²) in [4.78, 5) is 14.8. The lowest BCUT2D eigenvalue weighted by Gasteiger charge is -2.33. The molecule has 3 rings (SSSR count). The molecular formula is C16H25N3O3S2. The molecule has 1 aromatic rings. The van der Waals surface area contributed by atoms with Crippen molar-refractivity contribution in [3.63, 3.8) is 0 Å². The fourth-order valence-corrected chi connectivity index (χ4v) is 6.05. The van der Waals surface area contributed by atoms with E-state index in [0.29, 0.717) is 17.3 Å². The first-order valence-corrected chi connectivity index (χ1v) is 10.8. The topological polar surface area (TPSA) is 69.7 Å². The van der Waals surface area contributed by atoms with Crippen LogP contribution in [0.2, 0.25) is 0 Å². The van der Waals surface area contributed by atoms with Crippen molar-refractivity contribution in [1.29, 1.82) is 0 Å². The largest absolute Gasteiger partial charge is 0.353 e. The molecular weight excluding hydrogens is 346 g/mol. The maximum absolute atomic E-state index is 12.6. The molecule has 1 unspecified atom stereocenters. The Bertz CT molecular complexity index is 652. The molecule has 1 amide bonds. The van der Waals surface area contributed by atoms with Crippen molar-refractivity contribution in [3.8, 4) is 0 Å². The van der Waals surface area contributed by atoms with Crippen LogP contribution in [0.1, 0.15) is 25.7 Å². The molecule has 24 heavy (non-hydrogen) atoms. The standard InChI is InChI=1S/C16H25N3O3S2/c1-18-9-6-14(7-10-18)17-16(20)13-4-2-8-19(12-13)24(21,22)15-5-3-11-23-15/h3,5,11,13-14H,2,4,6-10,12H2,1H3,(H,17,20). The second-order valence-electron chi connectivity index (χ2n) is 6.72. The number of rotatable bonds is 4. The lowest BCUT2D eigenvalue weighted by Crippen LogP contribution is -2.49. The van der Waals surface area contributed by atoms with Gasteiger partial charge in [0.05, 0.1) is 5.92 Å². The third-order valence-electron chi connectivity index (χ3n) is 4.91. The second-order valence-corrected chi connectivity index (χ2v) is 9.83. The number of piperidine rings is 2. The van der Waals surface area contributed by atoms with Crippen molar-refractivity contribution in [2.24, 2.45) is 5.92 Å². The van der Waals surface area contributed by atoms with Crippen molar-refractivity contribution in [2.75, 3.05) is 33.2 Å².